The monoisotopic (exact) mass is 440 g/mol. The van der Waals surface area contributed by atoms with Crippen molar-refractivity contribution in [3.05, 3.63) is 22.8 Å². The van der Waals surface area contributed by atoms with Crippen LogP contribution in [0.25, 0.3) is 0 Å². The number of aliphatic hydroxyl groups is 5. The molecule has 0 aromatic rings. The van der Waals surface area contributed by atoms with Crippen LogP contribution in [0.15, 0.2) is 22.8 Å². The standard InChI is InChI=1S/C21H28O10/c1-8-3-11(24)15-9(2)20(28)30-18(15)16-10(4-12(25)14(8)16)6-29-21(7-23)19(27)17(26)13(5-22)31-21/h4,9,11,13,15-19,22-24,26-27H,3,5-7H2,1-2H3. The molecule has 0 amide bonds. The number of aliphatic hydroxyl groups excluding tert-OH is 5. The molecule has 0 aromatic heterocycles. The highest BCUT2D eigenvalue weighted by Gasteiger charge is 2.57. The quantitative estimate of drug-likeness (QED) is 0.308. The van der Waals surface area contributed by atoms with Crippen LogP contribution in [0.3, 0.4) is 0 Å². The minimum Gasteiger partial charge on any atom is -0.461 e. The van der Waals surface area contributed by atoms with Gasteiger partial charge in [0, 0.05) is 17.4 Å². The summed E-state index contributed by atoms with van der Waals surface area (Å²) in [4.78, 5) is 25.0. The molecule has 10 heteroatoms. The summed E-state index contributed by atoms with van der Waals surface area (Å²) in [5, 5.41) is 50.2. The van der Waals surface area contributed by atoms with Crippen molar-refractivity contribution in [1.29, 1.82) is 0 Å². The molecule has 0 spiro atoms. The summed E-state index contributed by atoms with van der Waals surface area (Å²) >= 11 is 0. The van der Waals surface area contributed by atoms with Gasteiger partial charge in [0.15, 0.2) is 5.78 Å². The molecule has 5 N–H and O–H groups in total. The maximum Gasteiger partial charge on any atom is 0.309 e. The second-order valence-corrected chi connectivity index (χ2v) is 8.83. The van der Waals surface area contributed by atoms with Crippen molar-refractivity contribution in [3.8, 4) is 0 Å². The third kappa shape index (κ3) is 3.37. The van der Waals surface area contributed by atoms with Crippen molar-refractivity contribution in [2.45, 2.75) is 56.6 Å². The molecule has 9 unspecified atom stereocenters. The summed E-state index contributed by atoms with van der Waals surface area (Å²) in [5.74, 6) is -4.36. The number of fused-ring (bicyclic) bond motifs is 3. The summed E-state index contributed by atoms with van der Waals surface area (Å²) in [7, 11) is 0. The highest BCUT2D eigenvalue weighted by Crippen LogP contribution is 2.48. The molecule has 0 saturated carbocycles. The van der Waals surface area contributed by atoms with Gasteiger partial charge in [0.1, 0.15) is 31.0 Å². The van der Waals surface area contributed by atoms with E-state index >= 15 is 0 Å². The number of carbonyl (C=O) groups is 2. The molecule has 2 heterocycles. The Kier molecular flexibility index (Phi) is 5.84. The topological polar surface area (TPSA) is 163 Å². The molecule has 2 aliphatic heterocycles. The second kappa shape index (κ2) is 8.04. The van der Waals surface area contributed by atoms with Gasteiger partial charge in [-0.1, -0.05) is 12.5 Å². The number of ether oxygens (including phenoxy) is 3. The number of allylic oxidation sites excluding steroid dienone is 1. The van der Waals surface area contributed by atoms with Gasteiger partial charge >= 0.3 is 5.97 Å². The van der Waals surface area contributed by atoms with E-state index in [4.69, 9.17) is 14.2 Å². The van der Waals surface area contributed by atoms with Crippen LogP contribution in [-0.2, 0) is 23.8 Å². The third-order valence-corrected chi connectivity index (χ3v) is 7.01. The summed E-state index contributed by atoms with van der Waals surface area (Å²) in [5.41, 5.74) is 1.61. The Morgan fingerprint density at radius 2 is 1.94 bits per heavy atom. The maximum atomic E-state index is 12.8. The lowest BCUT2D eigenvalue weighted by molar-refractivity contribution is -0.272. The Labute approximate surface area is 178 Å². The van der Waals surface area contributed by atoms with E-state index in [1.165, 1.54) is 6.08 Å². The molecule has 172 valence electrons. The molecule has 2 fully saturated rings. The molecule has 0 radical (unpaired) electrons. The summed E-state index contributed by atoms with van der Waals surface area (Å²) in [6, 6.07) is 0. The molecule has 0 aromatic carbocycles. The SMILES string of the molecule is CC1=C2C(=O)C=C(COC3(CO)OC(CO)C(O)C3O)C2C2OC(=O)C(C)C2C(O)C1. The van der Waals surface area contributed by atoms with Crippen LogP contribution >= 0.6 is 0 Å². The van der Waals surface area contributed by atoms with Gasteiger partial charge in [-0.05, 0) is 25.0 Å². The third-order valence-electron chi connectivity index (χ3n) is 7.01. The van der Waals surface area contributed by atoms with Gasteiger partial charge in [-0.2, -0.15) is 0 Å². The average Bonchev–Trinajstić information content (AvgIpc) is 3.28. The fourth-order valence-electron chi connectivity index (χ4n) is 5.33. The molecule has 4 aliphatic rings. The molecular weight excluding hydrogens is 412 g/mol. The molecule has 2 saturated heterocycles. The van der Waals surface area contributed by atoms with E-state index in [-0.39, 0.29) is 18.8 Å². The highest BCUT2D eigenvalue weighted by molar-refractivity contribution is 6.09. The molecule has 31 heavy (non-hydrogen) atoms. The Hall–Kier alpha value is -1.66. The predicted octanol–water partition coefficient (Wildman–Crippen LogP) is -1.81. The Morgan fingerprint density at radius 3 is 2.55 bits per heavy atom. The minimum atomic E-state index is -1.98. The zero-order chi connectivity index (χ0) is 22.7. The van der Waals surface area contributed by atoms with Gasteiger partial charge in [-0.15, -0.1) is 0 Å². The molecule has 9 atom stereocenters. The van der Waals surface area contributed by atoms with Crippen molar-refractivity contribution in [3.63, 3.8) is 0 Å². The van der Waals surface area contributed by atoms with Crippen LogP contribution in [0, 0.1) is 17.8 Å². The van der Waals surface area contributed by atoms with E-state index in [9.17, 15) is 35.1 Å². The van der Waals surface area contributed by atoms with Crippen molar-refractivity contribution in [2.24, 2.45) is 17.8 Å². The van der Waals surface area contributed by atoms with Crippen LogP contribution in [-0.4, -0.2) is 93.4 Å². The van der Waals surface area contributed by atoms with E-state index in [1.54, 1.807) is 13.8 Å². The van der Waals surface area contributed by atoms with Gasteiger partial charge < -0.3 is 39.7 Å². The van der Waals surface area contributed by atoms with Crippen molar-refractivity contribution < 1.29 is 49.3 Å². The van der Waals surface area contributed by atoms with Gasteiger partial charge in [0.25, 0.3) is 0 Å². The Bertz CT molecular complexity index is 834. The van der Waals surface area contributed by atoms with Crippen LogP contribution < -0.4 is 0 Å². The number of carbonyl (C=O) groups excluding carboxylic acids is 2. The largest absolute Gasteiger partial charge is 0.461 e. The number of hydrogen-bond donors (Lipinski definition) is 5. The molecule has 2 aliphatic carbocycles. The van der Waals surface area contributed by atoms with E-state index in [0.717, 1.165) is 0 Å². The minimum absolute atomic E-state index is 0.245. The zero-order valence-corrected chi connectivity index (χ0v) is 17.3. The first-order valence-corrected chi connectivity index (χ1v) is 10.4. The lowest BCUT2D eigenvalue weighted by atomic mass is 9.79. The zero-order valence-electron chi connectivity index (χ0n) is 17.3. The van der Waals surface area contributed by atoms with E-state index in [1.807, 2.05) is 0 Å². The smallest absolute Gasteiger partial charge is 0.309 e. The molecular formula is C21H28O10. The van der Waals surface area contributed by atoms with Crippen LogP contribution in [0.4, 0.5) is 0 Å². The Balaban J connectivity index is 1.62. The molecule has 10 nitrogen and oxygen atoms in total. The van der Waals surface area contributed by atoms with E-state index in [0.29, 0.717) is 16.7 Å². The van der Waals surface area contributed by atoms with Gasteiger partial charge in [0.2, 0.25) is 5.79 Å². The first kappa shape index (κ1) is 22.5. The van der Waals surface area contributed by atoms with Crippen LogP contribution in [0.1, 0.15) is 20.3 Å². The number of ketones is 1. The van der Waals surface area contributed by atoms with Gasteiger partial charge in [-0.25, -0.2) is 0 Å². The van der Waals surface area contributed by atoms with Gasteiger partial charge in [-0.3, -0.25) is 9.59 Å². The predicted molar refractivity (Wildman–Crippen MR) is 102 cm³/mol. The van der Waals surface area contributed by atoms with Crippen molar-refractivity contribution >= 4 is 11.8 Å². The van der Waals surface area contributed by atoms with Crippen molar-refractivity contribution in [1.82, 2.24) is 0 Å². The number of rotatable bonds is 5. The molecule has 0 bridgehead atoms. The number of hydrogen-bond acceptors (Lipinski definition) is 10. The number of esters is 1. The highest BCUT2D eigenvalue weighted by atomic mass is 16.7. The normalized spacial score (nSPS) is 44.8. The fourth-order valence-corrected chi connectivity index (χ4v) is 5.33. The van der Waals surface area contributed by atoms with Gasteiger partial charge in [0.05, 0.1) is 25.2 Å². The lowest BCUT2D eigenvalue weighted by Gasteiger charge is -2.32. The van der Waals surface area contributed by atoms with E-state index in [2.05, 4.69) is 0 Å². The fraction of sp³-hybridized carbons (Fsp3) is 0.714. The first-order chi connectivity index (χ1) is 14.6. The summed E-state index contributed by atoms with van der Waals surface area (Å²) < 4.78 is 16.7. The summed E-state index contributed by atoms with van der Waals surface area (Å²) in [6.45, 7) is 1.80. The Morgan fingerprint density at radius 1 is 1.23 bits per heavy atom. The van der Waals surface area contributed by atoms with Crippen molar-refractivity contribution in [2.75, 3.05) is 19.8 Å². The summed E-state index contributed by atoms with van der Waals surface area (Å²) in [6.07, 6.45) is -4.21. The van der Waals surface area contributed by atoms with Crippen LogP contribution in [0.2, 0.25) is 0 Å². The lowest BCUT2D eigenvalue weighted by Crippen LogP contribution is -2.49. The van der Waals surface area contributed by atoms with E-state index < -0.39 is 73.2 Å². The average molecular weight is 440 g/mol. The second-order valence-electron chi connectivity index (χ2n) is 8.83. The molecule has 4 rings (SSSR count). The van der Waals surface area contributed by atoms with Crippen LogP contribution in [0.5, 0.6) is 0 Å². The maximum absolute atomic E-state index is 12.8. The first-order valence-electron chi connectivity index (χ1n) is 10.4.